The molecule has 0 unspecified atom stereocenters. The van der Waals surface area contributed by atoms with Gasteiger partial charge in [0.15, 0.2) is 0 Å². The quantitative estimate of drug-likeness (QED) is 0.818. The molecule has 0 amide bonds. The van der Waals surface area contributed by atoms with E-state index in [9.17, 15) is 0 Å². The SMILES string of the molecule is CC(C)Cc1nnc(-c2ccccc2Cl)o1. The Kier molecular flexibility index (Phi) is 3.25. The van der Waals surface area contributed by atoms with Crippen molar-refractivity contribution >= 4 is 11.6 Å². The molecule has 1 heterocycles. The van der Waals surface area contributed by atoms with Gasteiger partial charge in [-0.15, -0.1) is 10.2 Å². The number of halogens is 1. The molecule has 0 spiro atoms. The first-order valence-corrected chi connectivity index (χ1v) is 5.62. The summed E-state index contributed by atoms with van der Waals surface area (Å²) in [6.07, 6.45) is 0.789. The summed E-state index contributed by atoms with van der Waals surface area (Å²) in [5.74, 6) is 1.64. The van der Waals surface area contributed by atoms with Crippen LogP contribution in [0, 0.1) is 5.92 Å². The second kappa shape index (κ2) is 4.66. The Bertz CT molecular complexity index is 479. The van der Waals surface area contributed by atoms with Gasteiger partial charge < -0.3 is 4.42 Å². The monoisotopic (exact) mass is 236 g/mol. The van der Waals surface area contributed by atoms with Crippen molar-refractivity contribution in [3.8, 4) is 11.5 Å². The van der Waals surface area contributed by atoms with E-state index in [1.165, 1.54) is 0 Å². The molecule has 0 aliphatic carbocycles. The van der Waals surface area contributed by atoms with E-state index in [0.29, 0.717) is 22.7 Å². The first-order chi connectivity index (χ1) is 7.66. The van der Waals surface area contributed by atoms with E-state index in [2.05, 4.69) is 24.0 Å². The van der Waals surface area contributed by atoms with E-state index in [4.69, 9.17) is 16.0 Å². The number of hydrogen-bond donors (Lipinski definition) is 0. The Balaban J connectivity index is 2.28. The minimum atomic E-state index is 0.487. The minimum Gasteiger partial charge on any atom is -0.421 e. The molecule has 0 aliphatic heterocycles. The maximum absolute atomic E-state index is 6.05. The number of nitrogens with zero attached hydrogens (tertiary/aromatic N) is 2. The second-order valence-electron chi connectivity index (χ2n) is 4.08. The standard InChI is InChI=1S/C12H13ClN2O/c1-8(2)7-11-14-15-12(16-11)9-5-3-4-6-10(9)13/h3-6,8H,7H2,1-2H3. The maximum atomic E-state index is 6.05. The van der Waals surface area contributed by atoms with E-state index >= 15 is 0 Å². The Morgan fingerprint density at radius 1 is 1.25 bits per heavy atom. The predicted octanol–water partition coefficient (Wildman–Crippen LogP) is 3.59. The second-order valence-corrected chi connectivity index (χ2v) is 4.49. The molecule has 0 saturated heterocycles. The van der Waals surface area contributed by atoms with Crippen molar-refractivity contribution < 1.29 is 4.42 Å². The van der Waals surface area contributed by atoms with E-state index in [-0.39, 0.29) is 0 Å². The molecule has 0 fully saturated rings. The Hall–Kier alpha value is -1.35. The predicted molar refractivity (Wildman–Crippen MR) is 63.3 cm³/mol. The van der Waals surface area contributed by atoms with Gasteiger partial charge in [0.25, 0.3) is 0 Å². The lowest BCUT2D eigenvalue weighted by Crippen LogP contribution is -1.93. The lowest BCUT2D eigenvalue weighted by molar-refractivity contribution is 0.466. The first kappa shape index (κ1) is 11.1. The summed E-state index contributed by atoms with van der Waals surface area (Å²) in [6.45, 7) is 4.22. The highest BCUT2D eigenvalue weighted by molar-refractivity contribution is 6.33. The summed E-state index contributed by atoms with van der Waals surface area (Å²) in [5.41, 5.74) is 0.784. The van der Waals surface area contributed by atoms with Crippen molar-refractivity contribution in [2.75, 3.05) is 0 Å². The summed E-state index contributed by atoms with van der Waals surface area (Å²) in [4.78, 5) is 0. The highest BCUT2D eigenvalue weighted by Crippen LogP contribution is 2.26. The molecule has 1 aromatic carbocycles. The van der Waals surface area contributed by atoms with E-state index in [1.807, 2.05) is 24.3 Å². The van der Waals surface area contributed by atoms with Crippen LogP contribution >= 0.6 is 11.6 Å². The number of rotatable bonds is 3. The first-order valence-electron chi connectivity index (χ1n) is 5.24. The zero-order valence-corrected chi connectivity index (χ0v) is 10.0. The van der Waals surface area contributed by atoms with Crippen LogP contribution < -0.4 is 0 Å². The van der Waals surface area contributed by atoms with Crippen LogP contribution in [0.1, 0.15) is 19.7 Å². The third-order valence-electron chi connectivity index (χ3n) is 2.15. The summed E-state index contributed by atoms with van der Waals surface area (Å²) in [5, 5.41) is 8.62. The largest absolute Gasteiger partial charge is 0.421 e. The van der Waals surface area contributed by atoms with Crippen molar-refractivity contribution in [1.82, 2.24) is 10.2 Å². The fourth-order valence-electron chi connectivity index (χ4n) is 1.43. The molecule has 16 heavy (non-hydrogen) atoms. The van der Waals surface area contributed by atoms with Crippen molar-refractivity contribution in [3.05, 3.63) is 35.2 Å². The van der Waals surface area contributed by atoms with Crippen LogP contribution in [0.15, 0.2) is 28.7 Å². The molecular weight excluding hydrogens is 224 g/mol. The van der Waals surface area contributed by atoms with Crippen molar-refractivity contribution in [1.29, 1.82) is 0 Å². The van der Waals surface area contributed by atoms with Gasteiger partial charge in [-0.1, -0.05) is 37.6 Å². The molecule has 0 bridgehead atoms. The fraction of sp³-hybridized carbons (Fsp3) is 0.333. The normalized spacial score (nSPS) is 11.0. The zero-order chi connectivity index (χ0) is 11.5. The maximum Gasteiger partial charge on any atom is 0.249 e. The van der Waals surface area contributed by atoms with E-state index < -0.39 is 0 Å². The van der Waals surface area contributed by atoms with Crippen LogP contribution in [0.2, 0.25) is 5.02 Å². The minimum absolute atomic E-state index is 0.487. The third-order valence-corrected chi connectivity index (χ3v) is 2.48. The highest BCUT2D eigenvalue weighted by Gasteiger charge is 2.11. The molecule has 0 radical (unpaired) electrons. The van der Waals surface area contributed by atoms with Gasteiger partial charge in [0, 0.05) is 6.42 Å². The average molecular weight is 237 g/mol. The molecule has 0 aliphatic rings. The fourth-order valence-corrected chi connectivity index (χ4v) is 1.65. The van der Waals surface area contributed by atoms with Crippen LogP contribution in [0.25, 0.3) is 11.5 Å². The lowest BCUT2D eigenvalue weighted by atomic mass is 10.1. The molecule has 3 nitrogen and oxygen atoms in total. The summed E-state index contributed by atoms with van der Waals surface area (Å²) in [6, 6.07) is 7.45. The van der Waals surface area contributed by atoms with Gasteiger partial charge in [0.2, 0.25) is 11.8 Å². The van der Waals surface area contributed by atoms with Crippen LogP contribution in [-0.2, 0) is 6.42 Å². The van der Waals surface area contributed by atoms with E-state index in [0.717, 1.165) is 12.0 Å². The van der Waals surface area contributed by atoms with Crippen LogP contribution in [0.3, 0.4) is 0 Å². The van der Waals surface area contributed by atoms with Crippen molar-refractivity contribution in [2.45, 2.75) is 20.3 Å². The van der Waals surface area contributed by atoms with Gasteiger partial charge in [0.1, 0.15) is 0 Å². The van der Waals surface area contributed by atoms with Crippen molar-refractivity contribution in [3.63, 3.8) is 0 Å². The van der Waals surface area contributed by atoms with Gasteiger partial charge >= 0.3 is 0 Å². The lowest BCUT2D eigenvalue weighted by Gasteiger charge is -1.98. The summed E-state index contributed by atoms with van der Waals surface area (Å²) >= 11 is 6.05. The third kappa shape index (κ3) is 2.42. The van der Waals surface area contributed by atoms with Gasteiger partial charge in [-0.3, -0.25) is 0 Å². The molecule has 84 valence electrons. The number of benzene rings is 1. The van der Waals surface area contributed by atoms with Gasteiger partial charge in [-0.2, -0.15) is 0 Å². The zero-order valence-electron chi connectivity index (χ0n) is 9.27. The Morgan fingerprint density at radius 2 is 2.00 bits per heavy atom. The van der Waals surface area contributed by atoms with Gasteiger partial charge in [-0.05, 0) is 18.1 Å². The molecular formula is C12H13ClN2O. The Labute approximate surface area is 99.5 Å². The molecule has 1 aromatic heterocycles. The van der Waals surface area contributed by atoms with Crippen LogP contribution in [0.5, 0.6) is 0 Å². The number of aromatic nitrogens is 2. The average Bonchev–Trinajstić information content (AvgIpc) is 2.66. The topological polar surface area (TPSA) is 38.9 Å². The molecule has 0 N–H and O–H groups in total. The van der Waals surface area contributed by atoms with Gasteiger partial charge in [0.05, 0.1) is 10.6 Å². The molecule has 2 aromatic rings. The molecule has 2 rings (SSSR count). The van der Waals surface area contributed by atoms with E-state index in [1.54, 1.807) is 0 Å². The molecule has 0 saturated carbocycles. The molecule has 4 heteroatoms. The molecule has 0 atom stereocenters. The van der Waals surface area contributed by atoms with Gasteiger partial charge in [-0.25, -0.2) is 0 Å². The van der Waals surface area contributed by atoms with Crippen molar-refractivity contribution in [2.24, 2.45) is 5.92 Å². The smallest absolute Gasteiger partial charge is 0.249 e. The summed E-state index contributed by atoms with van der Waals surface area (Å²) in [7, 11) is 0. The highest BCUT2D eigenvalue weighted by atomic mass is 35.5. The Morgan fingerprint density at radius 3 is 2.69 bits per heavy atom. The number of hydrogen-bond acceptors (Lipinski definition) is 3. The summed E-state index contributed by atoms with van der Waals surface area (Å²) < 4.78 is 5.55. The van der Waals surface area contributed by atoms with Crippen LogP contribution in [0.4, 0.5) is 0 Å². The van der Waals surface area contributed by atoms with Crippen LogP contribution in [-0.4, -0.2) is 10.2 Å².